The van der Waals surface area contributed by atoms with E-state index in [1.165, 1.54) is 23.9 Å². The van der Waals surface area contributed by atoms with Gasteiger partial charge in [-0.3, -0.25) is 9.48 Å². The Hall–Kier alpha value is -2.37. The van der Waals surface area contributed by atoms with Crippen LogP contribution in [0.2, 0.25) is 0 Å². The van der Waals surface area contributed by atoms with Gasteiger partial charge in [-0.15, -0.1) is 0 Å². The molecule has 0 saturated carbocycles. The van der Waals surface area contributed by atoms with E-state index in [2.05, 4.69) is 9.84 Å². The smallest absolute Gasteiger partial charge is 0.373 e. The van der Waals surface area contributed by atoms with Crippen molar-refractivity contribution in [3.8, 4) is 0 Å². The Kier molecular flexibility index (Phi) is 3.50. The van der Waals surface area contributed by atoms with Crippen molar-refractivity contribution in [3.05, 3.63) is 41.1 Å². The molecule has 0 atom stereocenters. The third kappa shape index (κ3) is 2.42. The highest BCUT2D eigenvalue weighted by atomic mass is 16.5. The minimum Gasteiger partial charge on any atom is -0.463 e. The summed E-state index contributed by atoms with van der Waals surface area (Å²) in [6, 6.07) is 4.58. The minimum atomic E-state index is -0.613. The molecule has 0 fully saturated rings. The van der Waals surface area contributed by atoms with Crippen LogP contribution in [0.4, 0.5) is 0 Å². The van der Waals surface area contributed by atoms with E-state index in [1.807, 2.05) is 6.92 Å². The number of hydrogen-bond acceptors (Lipinski definition) is 5. The van der Waals surface area contributed by atoms with Crippen molar-refractivity contribution < 1.29 is 18.7 Å². The molecule has 2 rings (SSSR count). The number of ether oxygens (including phenoxy) is 1. The number of rotatable bonds is 4. The van der Waals surface area contributed by atoms with Crippen LogP contribution < -0.4 is 0 Å². The highest BCUT2D eigenvalue weighted by Gasteiger charge is 2.20. The van der Waals surface area contributed by atoms with Crippen molar-refractivity contribution in [2.75, 3.05) is 7.11 Å². The summed E-state index contributed by atoms with van der Waals surface area (Å²) in [6.45, 7) is 1.96. The van der Waals surface area contributed by atoms with Crippen LogP contribution >= 0.6 is 0 Å². The largest absolute Gasteiger partial charge is 0.463 e. The van der Waals surface area contributed by atoms with Gasteiger partial charge in [-0.1, -0.05) is 6.92 Å². The fraction of sp³-hybridized carbons (Fsp3) is 0.308. The summed E-state index contributed by atoms with van der Waals surface area (Å²) < 4.78 is 11.2. The molecule has 19 heavy (non-hydrogen) atoms. The van der Waals surface area contributed by atoms with Crippen molar-refractivity contribution in [2.24, 2.45) is 7.05 Å². The van der Waals surface area contributed by atoms with Crippen molar-refractivity contribution in [1.82, 2.24) is 9.78 Å². The van der Waals surface area contributed by atoms with Gasteiger partial charge in [0.05, 0.1) is 12.8 Å². The van der Waals surface area contributed by atoms with Crippen molar-refractivity contribution in [1.29, 1.82) is 0 Å². The number of carbonyl (C=O) groups is 2. The van der Waals surface area contributed by atoms with Gasteiger partial charge in [-0.25, -0.2) is 4.79 Å². The first-order valence-corrected chi connectivity index (χ1v) is 5.82. The summed E-state index contributed by atoms with van der Waals surface area (Å²) in [4.78, 5) is 23.5. The Morgan fingerprint density at radius 1 is 1.37 bits per heavy atom. The van der Waals surface area contributed by atoms with E-state index in [0.29, 0.717) is 5.69 Å². The molecule has 6 heteroatoms. The molecule has 0 aliphatic rings. The molecule has 2 aromatic heterocycles. The minimum absolute atomic E-state index is 0.00346. The summed E-state index contributed by atoms with van der Waals surface area (Å²) in [6.07, 6.45) is 0.743. The molecule has 0 bridgehead atoms. The fourth-order valence-electron chi connectivity index (χ4n) is 1.71. The van der Waals surface area contributed by atoms with E-state index in [-0.39, 0.29) is 17.3 Å². The van der Waals surface area contributed by atoms with Crippen molar-refractivity contribution >= 4 is 11.8 Å². The van der Waals surface area contributed by atoms with E-state index in [1.54, 1.807) is 13.1 Å². The number of aryl methyl sites for hydroxylation is 2. The quantitative estimate of drug-likeness (QED) is 0.618. The van der Waals surface area contributed by atoms with E-state index in [0.717, 1.165) is 12.1 Å². The van der Waals surface area contributed by atoms with Crippen LogP contribution in [-0.4, -0.2) is 28.6 Å². The van der Waals surface area contributed by atoms with Crippen LogP contribution in [0.1, 0.15) is 39.4 Å². The van der Waals surface area contributed by atoms with E-state index >= 15 is 0 Å². The van der Waals surface area contributed by atoms with Crippen LogP contribution in [0, 0.1) is 0 Å². The third-order valence-electron chi connectivity index (χ3n) is 2.74. The molecule has 6 nitrogen and oxygen atoms in total. The van der Waals surface area contributed by atoms with Crippen molar-refractivity contribution in [3.63, 3.8) is 0 Å². The third-order valence-corrected chi connectivity index (χ3v) is 2.74. The molecule has 2 heterocycles. The monoisotopic (exact) mass is 262 g/mol. The highest BCUT2D eigenvalue weighted by Crippen LogP contribution is 2.15. The normalized spacial score (nSPS) is 10.5. The number of hydrogen-bond donors (Lipinski definition) is 0. The summed E-state index contributed by atoms with van der Waals surface area (Å²) in [5.74, 6) is -0.835. The molecule has 2 aromatic rings. The lowest BCUT2D eigenvalue weighted by Crippen LogP contribution is -2.07. The molecule has 0 aliphatic carbocycles. The second kappa shape index (κ2) is 5.09. The van der Waals surface area contributed by atoms with Crippen molar-refractivity contribution in [2.45, 2.75) is 13.3 Å². The average Bonchev–Trinajstić information content (AvgIpc) is 3.03. The molecule has 0 aromatic carbocycles. The van der Waals surface area contributed by atoms with Gasteiger partial charge in [0.1, 0.15) is 5.69 Å². The number of methoxy groups -OCH3 is 1. The zero-order chi connectivity index (χ0) is 14.0. The number of furan rings is 1. The summed E-state index contributed by atoms with van der Waals surface area (Å²) >= 11 is 0. The molecule has 0 spiro atoms. The zero-order valence-electron chi connectivity index (χ0n) is 11.0. The SMILES string of the molecule is CCc1cc(C(=O)c2ccc(C(=O)OC)o2)n(C)n1. The molecule has 0 amide bonds. The fourth-order valence-corrected chi connectivity index (χ4v) is 1.71. The molecule has 0 unspecified atom stereocenters. The van der Waals surface area contributed by atoms with E-state index in [4.69, 9.17) is 4.42 Å². The Balaban J connectivity index is 2.31. The summed E-state index contributed by atoms with van der Waals surface area (Å²) in [5.41, 5.74) is 1.24. The Morgan fingerprint density at radius 2 is 2.05 bits per heavy atom. The van der Waals surface area contributed by atoms with Gasteiger partial charge in [-0.05, 0) is 24.6 Å². The number of ketones is 1. The number of aromatic nitrogens is 2. The molecule has 0 aliphatic heterocycles. The lowest BCUT2D eigenvalue weighted by molar-refractivity contribution is 0.0563. The number of carbonyl (C=O) groups excluding carboxylic acids is 2. The molecule has 0 radical (unpaired) electrons. The molecule has 0 saturated heterocycles. The van der Waals surface area contributed by atoms with Gasteiger partial charge in [0.25, 0.3) is 0 Å². The van der Waals surface area contributed by atoms with Gasteiger partial charge in [-0.2, -0.15) is 5.10 Å². The van der Waals surface area contributed by atoms with E-state index in [9.17, 15) is 9.59 Å². The Labute approximate surface area is 110 Å². The van der Waals surface area contributed by atoms with Crippen LogP contribution in [0.3, 0.4) is 0 Å². The predicted molar refractivity (Wildman–Crippen MR) is 66.1 cm³/mol. The zero-order valence-corrected chi connectivity index (χ0v) is 11.0. The summed E-state index contributed by atoms with van der Waals surface area (Å²) in [5, 5.41) is 4.20. The Bertz CT molecular complexity index is 624. The van der Waals surface area contributed by atoms with E-state index < -0.39 is 5.97 Å². The summed E-state index contributed by atoms with van der Waals surface area (Å²) in [7, 11) is 2.94. The van der Waals surface area contributed by atoms with Crippen LogP contribution in [0.5, 0.6) is 0 Å². The average molecular weight is 262 g/mol. The first-order chi connectivity index (χ1) is 9.06. The van der Waals surface area contributed by atoms with Crippen LogP contribution in [0.25, 0.3) is 0 Å². The Morgan fingerprint density at radius 3 is 2.63 bits per heavy atom. The molecule has 0 N–H and O–H groups in total. The first-order valence-electron chi connectivity index (χ1n) is 5.82. The second-order valence-electron chi connectivity index (χ2n) is 3.98. The molecular weight excluding hydrogens is 248 g/mol. The number of nitrogens with zero attached hydrogens (tertiary/aromatic N) is 2. The first kappa shape index (κ1) is 13.1. The lowest BCUT2D eigenvalue weighted by atomic mass is 10.2. The second-order valence-corrected chi connectivity index (χ2v) is 3.98. The maximum atomic E-state index is 12.2. The standard InChI is InChI=1S/C13H14N2O4/c1-4-8-7-9(15(2)14-8)12(16)10-5-6-11(19-10)13(17)18-3/h5-7H,4H2,1-3H3. The van der Waals surface area contributed by atoms with Gasteiger partial charge < -0.3 is 9.15 Å². The van der Waals surface area contributed by atoms with Gasteiger partial charge in [0.15, 0.2) is 5.76 Å². The molecule has 100 valence electrons. The van der Waals surface area contributed by atoms with Crippen LogP contribution in [0.15, 0.2) is 22.6 Å². The topological polar surface area (TPSA) is 74.3 Å². The maximum absolute atomic E-state index is 12.2. The maximum Gasteiger partial charge on any atom is 0.373 e. The van der Waals surface area contributed by atoms with Gasteiger partial charge >= 0.3 is 5.97 Å². The number of esters is 1. The lowest BCUT2D eigenvalue weighted by Gasteiger charge is -1.97. The highest BCUT2D eigenvalue weighted by molar-refractivity contribution is 6.06. The van der Waals surface area contributed by atoms with Gasteiger partial charge in [0, 0.05) is 7.05 Å². The van der Waals surface area contributed by atoms with Crippen LogP contribution in [-0.2, 0) is 18.2 Å². The predicted octanol–water partition coefficient (Wildman–Crippen LogP) is 1.59. The van der Waals surface area contributed by atoms with Gasteiger partial charge in [0.2, 0.25) is 11.5 Å². The molecular formula is C13H14N2O4.